The summed E-state index contributed by atoms with van der Waals surface area (Å²) >= 11 is 4.35. The molecule has 0 bridgehead atoms. The molecule has 1 aromatic carbocycles. The Balaban J connectivity index is 1.98. The van der Waals surface area contributed by atoms with E-state index in [1.54, 1.807) is 0 Å². The molecule has 1 heterocycles. The van der Waals surface area contributed by atoms with E-state index in [1.165, 1.54) is 24.0 Å². The van der Waals surface area contributed by atoms with E-state index in [1.807, 2.05) is 6.07 Å². The highest BCUT2D eigenvalue weighted by molar-refractivity contribution is 7.78. The molecule has 0 aromatic heterocycles. The van der Waals surface area contributed by atoms with Gasteiger partial charge in [0.2, 0.25) is 0 Å². The first-order chi connectivity index (χ1) is 8.79. The largest absolute Gasteiger partial charge is 0.392 e. The Morgan fingerprint density at radius 1 is 1.39 bits per heavy atom. The molecule has 0 saturated carbocycles. The maximum Gasteiger partial charge on any atom is 0.0681 e. The Morgan fingerprint density at radius 2 is 2.17 bits per heavy atom. The fraction of sp³-hybridized carbons (Fsp3) is 0.571. The van der Waals surface area contributed by atoms with Crippen molar-refractivity contribution in [2.45, 2.75) is 31.9 Å². The lowest BCUT2D eigenvalue weighted by Crippen LogP contribution is -2.42. The summed E-state index contributed by atoms with van der Waals surface area (Å²) in [6.45, 7) is 2.31. The van der Waals surface area contributed by atoms with Gasteiger partial charge in [-0.15, -0.1) is 0 Å². The van der Waals surface area contributed by atoms with E-state index < -0.39 is 0 Å². The molecule has 1 aromatic rings. The van der Waals surface area contributed by atoms with Crippen molar-refractivity contribution in [3.63, 3.8) is 0 Å². The lowest BCUT2D eigenvalue weighted by atomic mass is 9.73. The standard InChI is InChI=1S/C14H20N2OS/c17-9-10-1-2-12-11(7-10)8-14(13(12)16-18)3-5-15-6-4-14/h1-2,7,13,15-18H,3-6,8-9H2. The molecule has 3 N–H and O–H groups in total. The van der Waals surface area contributed by atoms with Gasteiger partial charge >= 0.3 is 0 Å². The van der Waals surface area contributed by atoms with Gasteiger partial charge in [-0.25, -0.2) is 0 Å². The zero-order valence-electron chi connectivity index (χ0n) is 10.4. The van der Waals surface area contributed by atoms with Crippen LogP contribution in [0.3, 0.4) is 0 Å². The third-order valence-corrected chi connectivity index (χ3v) is 4.84. The minimum atomic E-state index is 0.126. The van der Waals surface area contributed by atoms with Crippen molar-refractivity contribution in [2.24, 2.45) is 5.41 Å². The molecular weight excluding hydrogens is 244 g/mol. The second-order valence-corrected chi connectivity index (χ2v) is 5.80. The SMILES string of the molecule is OCc1ccc2c(c1)CC1(CCNCC1)C2NS. The third kappa shape index (κ3) is 1.88. The van der Waals surface area contributed by atoms with Gasteiger partial charge in [0.1, 0.15) is 0 Å². The molecular formula is C14H20N2OS. The molecule has 98 valence electrons. The molecule has 18 heavy (non-hydrogen) atoms. The Kier molecular flexibility index (Phi) is 3.36. The Labute approximate surface area is 114 Å². The maximum absolute atomic E-state index is 9.25. The van der Waals surface area contributed by atoms with Crippen molar-refractivity contribution in [1.82, 2.24) is 10.0 Å². The first-order valence-corrected chi connectivity index (χ1v) is 7.07. The van der Waals surface area contributed by atoms with Crippen LogP contribution in [-0.2, 0) is 13.0 Å². The van der Waals surface area contributed by atoms with Crippen LogP contribution in [0.15, 0.2) is 18.2 Å². The molecule has 1 unspecified atom stereocenters. The van der Waals surface area contributed by atoms with E-state index in [-0.39, 0.29) is 6.61 Å². The predicted molar refractivity (Wildman–Crippen MR) is 75.5 cm³/mol. The summed E-state index contributed by atoms with van der Waals surface area (Å²) in [4.78, 5) is 0. The summed E-state index contributed by atoms with van der Waals surface area (Å²) < 4.78 is 3.22. The smallest absolute Gasteiger partial charge is 0.0681 e. The number of benzene rings is 1. The van der Waals surface area contributed by atoms with Crippen LogP contribution >= 0.6 is 12.8 Å². The molecule has 1 aliphatic heterocycles. The molecule has 1 fully saturated rings. The normalized spacial score (nSPS) is 25.3. The van der Waals surface area contributed by atoms with Gasteiger partial charge in [-0.05, 0) is 54.5 Å². The predicted octanol–water partition coefficient (Wildman–Crippen LogP) is 1.58. The Bertz CT molecular complexity index is 443. The van der Waals surface area contributed by atoms with Crippen molar-refractivity contribution in [3.05, 3.63) is 34.9 Å². The summed E-state index contributed by atoms with van der Waals surface area (Å²) in [7, 11) is 0. The average Bonchev–Trinajstić information content (AvgIpc) is 2.70. The van der Waals surface area contributed by atoms with E-state index in [9.17, 15) is 5.11 Å². The minimum absolute atomic E-state index is 0.126. The number of nitrogens with one attached hydrogen (secondary N) is 2. The van der Waals surface area contributed by atoms with Crippen LogP contribution in [0.1, 0.15) is 35.6 Å². The molecule has 1 saturated heterocycles. The zero-order valence-corrected chi connectivity index (χ0v) is 11.3. The number of rotatable bonds is 2. The quantitative estimate of drug-likeness (QED) is 0.613. The van der Waals surface area contributed by atoms with Gasteiger partial charge in [0.25, 0.3) is 0 Å². The first kappa shape index (κ1) is 12.5. The molecule has 4 heteroatoms. The van der Waals surface area contributed by atoms with Gasteiger partial charge in [0.15, 0.2) is 0 Å². The third-order valence-electron chi connectivity index (χ3n) is 4.58. The minimum Gasteiger partial charge on any atom is -0.392 e. The van der Waals surface area contributed by atoms with Crippen LogP contribution in [-0.4, -0.2) is 18.2 Å². The second-order valence-electron chi connectivity index (χ2n) is 5.54. The fourth-order valence-electron chi connectivity index (χ4n) is 3.60. The molecule has 3 nitrogen and oxygen atoms in total. The summed E-state index contributed by atoms with van der Waals surface area (Å²) in [5.41, 5.74) is 4.07. The first-order valence-electron chi connectivity index (χ1n) is 6.62. The molecule has 1 spiro atoms. The lowest BCUT2D eigenvalue weighted by Gasteiger charge is -2.39. The number of hydrogen-bond donors (Lipinski definition) is 4. The van der Waals surface area contributed by atoms with Gasteiger partial charge < -0.3 is 10.4 Å². The van der Waals surface area contributed by atoms with Crippen LogP contribution in [0.25, 0.3) is 0 Å². The van der Waals surface area contributed by atoms with Crippen molar-refractivity contribution in [1.29, 1.82) is 0 Å². The van der Waals surface area contributed by atoms with E-state index in [2.05, 4.69) is 35.0 Å². The highest BCUT2D eigenvalue weighted by atomic mass is 32.1. The summed E-state index contributed by atoms with van der Waals surface area (Å²) in [5, 5.41) is 12.7. The van der Waals surface area contributed by atoms with Crippen molar-refractivity contribution in [3.8, 4) is 0 Å². The van der Waals surface area contributed by atoms with Gasteiger partial charge in [0.05, 0.1) is 6.61 Å². The molecule has 0 amide bonds. The van der Waals surface area contributed by atoms with E-state index >= 15 is 0 Å². The monoisotopic (exact) mass is 264 g/mol. The van der Waals surface area contributed by atoms with E-state index in [0.29, 0.717) is 11.5 Å². The van der Waals surface area contributed by atoms with Gasteiger partial charge in [-0.1, -0.05) is 31.0 Å². The summed E-state index contributed by atoms with van der Waals surface area (Å²) in [6, 6.07) is 6.68. The number of fused-ring (bicyclic) bond motifs is 1. The van der Waals surface area contributed by atoms with Crippen LogP contribution < -0.4 is 10.0 Å². The highest BCUT2D eigenvalue weighted by Crippen LogP contribution is 2.51. The van der Waals surface area contributed by atoms with Gasteiger partial charge in [-0.3, -0.25) is 4.72 Å². The Hall–Kier alpha value is -0.550. The second kappa shape index (κ2) is 4.85. The summed E-state index contributed by atoms with van der Waals surface area (Å²) in [5.74, 6) is 0. The van der Waals surface area contributed by atoms with Crippen molar-refractivity contribution < 1.29 is 5.11 Å². The maximum atomic E-state index is 9.25. The van der Waals surface area contributed by atoms with Crippen LogP contribution in [0.4, 0.5) is 0 Å². The van der Waals surface area contributed by atoms with E-state index in [4.69, 9.17) is 0 Å². The highest BCUT2D eigenvalue weighted by Gasteiger charge is 2.45. The number of piperidine rings is 1. The van der Waals surface area contributed by atoms with E-state index in [0.717, 1.165) is 25.1 Å². The number of aliphatic hydroxyl groups is 1. The molecule has 3 rings (SSSR count). The lowest BCUT2D eigenvalue weighted by molar-refractivity contribution is 0.166. The van der Waals surface area contributed by atoms with Crippen LogP contribution in [0.2, 0.25) is 0 Å². The molecule has 2 aliphatic rings. The van der Waals surface area contributed by atoms with Gasteiger partial charge in [0, 0.05) is 6.04 Å². The average molecular weight is 264 g/mol. The Morgan fingerprint density at radius 3 is 2.83 bits per heavy atom. The number of aliphatic hydroxyl groups excluding tert-OH is 1. The van der Waals surface area contributed by atoms with Crippen LogP contribution in [0, 0.1) is 5.41 Å². The molecule has 1 atom stereocenters. The van der Waals surface area contributed by atoms with Crippen molar-refractivity contribution >= 4 is 12.8 Å². The molecule has 0 radical (unpaired) electrons. The number of hydrogen-bond acceptors (Lipinski definition) is 4. The van der Waals surface area contributed by atoms with Crippen molar-refractivity contribution in [2.75, 3.05) is 13.1 Å². The zero-order chi connectivity index (χ0) is 12.6. The molecule has 1 aliphatic carbocycles. The number of thiol groups is 1. The topological polar surface area (TPSA) is 44.3 Å². The summed E-state index contributed by atoms with van der Waals surface area (Å²) in [6.07, 6.45) is 3.48. The fourth-order valence-corrected chi connectivity index (χ4v) is 4.01. The van der Waals surface area contributed by atoms with Gasteiger partial charge in [-0.2, -0.15) is 0 Å². The van der Waals surface area contributed by atoms with Crippen LogP contribution in [0.5, 0.6) is 0 Å².